The predicted octanol–water partition coefficient (Wildman–Crippen LogP) is 6.11. The van der Waals surface area contributed by atoms with Crippen LogP contribution < -0.4 is 16.4 Å². The minimum Gasteiger partial charge on any atom is -0.408 e. The molecule has 11 heteroatoms. The Balaban J connectivity index is 1.72. The maximum atomic E-state index is 14.1. The molecule has 7 nitrogen and oxygen atoms in total. The zero-order valence-electron chi connectivity index (χ0n) is 20.0. The van der Waals surface area contributed by atoms with Gasteiger partial charge in [-0.1, -0.05) is 39.0 Å². The number of hydrogen-bond acceptors (Lipinski definition) is 4. The molecule has 1 heterocycles. The lowest BCUT2D eigenvalue weighted by Crippen LogP contribution is -2.36. The third kappa shape index (κ3) is 5.88. The fourth-order valence-corrected chi connectivity index (χ4v) is 3.64. The lowest BCUT2D eigenvalue weighted by atomic mass is 9.86. The van der Waals surface area contributed by atoms with Crippen LogP contribution in [-0.4, -0.2) is 16.9 Å². The van der Waals surface area contributed by atoms with Crippen molar-refractivity contribution < 1.29 is 26.8 Å². The summed E-state index contributed by atoms with van der Waals surface area (Å²) in [4.78, 5) is 31.4. The summed E-state index contributed by atoms with van der Waals surface area (Å²) in [6, 6.07) is 13.8. The van der Waals surface area contributed by atoms with Gasteiger partial charge in [-0.15, -0.1) is 0 Å². The summed E-state index contributed by atoms with van der Waals surface area (Å²) in [5.74, 6) is -3.18. The Hall–Kier alpha value is -4.41. The number of nitrogens with one attached hydrogen (secondary N) is 3. The summed E-state index contributed by atoms with van der Waals surface area (Å²) in [7, 11) is 0. The predicted molar refractivity (Wildman–Crippen MR) is 132 cm³/mol. The topological polar surface area (TPSA) is 99.5 Å². The Morgan fingerprint density at radius 1 is 0.973 bits per heavy atom. The van der Waals surface area contributed by atoms with Gasteiger partial charge in [0.1, 0.15) is 5.82 Å². The van der Waals surface area contributed by atoms with Crippen molar-refractivity contribution in [3.05, 3.63) is 93.7 Å². The van der Waals surface area contributed by atoms with Gasteiger partial charge in [0.15, 0.2) is 5.58 Å². The second-order valence-electron chi connectivity index (χ2n) is 9.22. The third-order valence-corrected chi connectivity index (χ3v) is 5.40. The van der Waals surface area contributed by atoms with E-state index in [1.165, 1.54) is 6.07 Å². The number of oxazole rings is 1. The number of halogens is 4. The minimum absolute atomic E-state index is 0.0840. The maximum Gasteiger partial charge on any atom is 0.419 e. The van der Waals surface area contributed by atoms with E-state index < -0.39 is 29.2 Å². The second-order valence-corrected chi connectivity index (χ2v) is 9.22. The number of para-hydroxylation sites is 1. The van der Waals surface area contributed by atoms with Crippen LogP contribution in [0.3, 0.4) is 0 Å². The lowest BCUT2D eigenvalue weighted by molar-refractivity contribution is -0.140. The number of nitrogens with zero attached hydrogens (tertiary/aromatic N) is 1. The van der Waals surface area contributed by atoms with Crippen molar-refractivity contribution in [3.63, 3.8) is 0 Å². The minimum atomic E-state index is -4.89. The first-order valence-electron chi connectivity index (χ1n) is 11.1. The van der Waals surface area contributed by atoms with Gasteiger partial charge in [-0.3, -0.25) is 15.1 Å². The number of anilines is 1. The summed E-state index contributed by atoms with van der Waals surface area (Å²) >= 11 is 0. The Labute approximate surface area is 208 Å². The molecule has 0 aliphatic carbocycles. The number of alkyl halides is 3. The second kappa shape index (κ2) is 9.57. The molecule has 3 N–H and O–H groups in total. The van der Waals surface area contributed by atoms with Crippen molar-refractivity contribution in [2.24, 2.45) is 4.99 Å². The summed E-state index contributed by atoms with van der Waals surface area (Å²) in [6.45, 7) is 5.96. The molecule has 0 bridgehead atoms. The van der Waals surface area contributed by atoms with Gasteiger partial charge in [0.25, 0.3) is 5.91 Å². The molecule has 0 aliphatic heterocycles. The molecule has 4 aromatic rings. The zero-order chi connectivity index (χ0) is 27.0. The van der Waals surface area contributed by atoms with Crippen molar-refractivity contribution in [1.29, 1.82) is 0 Å². The third-order valence-electron chi connectivity index (χ3n) is 5.40. The molecule has 0 atom stereocenters. The van der Waals surface area contributed by atoms with Crippen molar-refractivity contribution >= 4 is 34.3 Å². The smallest absolute Gasteiger partial charge is 0.408 e. The number of H-pyrrole nitrogens is 1. The van der Waals surface area contributed by atoms with Gasteiger partial charge < -0.3 is 9.73 Å². The van der Waals surface area contributed by atoms with Crippen LogP contribution in [0.1, 0.15) is 42.3 Å². The highest BCUT2D eigenvalue weighted by Gasteiger charge is 2.34. The molecule has 1 amide bonds. The number of fused-ring (bicyclic) bond motifs is 1. The van der Waals surface area contributed by atoms with Crippen molar-refractivity contribution in [3.8, 4) is 0 Å². The molecule has 3 aromatic carbocycles. The van der Waals surface area contributed by atoms with E-state index in [4.69, 9.17) is 4.42 Å². The van der Waals surface area contributed by atoms with Gasteiger partial charge in [0.05, 0.1) is 16.8 Å². The summed E-state index contributed by atoms with van der Waals surface area (Å²) in [6.07, 6.45) is -4.89. The van der Waals surface area contributed by atoms with Crippen molar-refractivity contribution in [2.45, 2.75) is 32.4 Å². The van der Waals surface area contributed by atoms with Crippen LogP contribution in [0.15, 0.2) is 74.9 Å². The number of amides is 1. The number of rotatable bonds is 3. The van der Waals surface area contributed by atoms with Gasteiger partial charge in [-0.2, -0.15) is 13.2 Å². The molecule has 0 aliphatic rings. The molecule has 0 spiro atoms. The number of benzene rings is 3. The normalized spacial score (nSPS) is 12.6. The van der Waals surface area contributed by atoms with Crippen LogP contribution in [0, 0.1) is 5.82 Å². The molecule has 0 radical (unpaired) electrons. The van der Waals surface area contributed by atoms with Crippen LogP contribution >= 0.6 is 0 Å². The molecular formula is C26H22F4N4O3. The molecule has 0 saturated carbocycles. The quantitative estimate of drug-likeness (QED) is 0.175. The average Bonchev–Trinajstić information content (AvgIpc) is 3.17. The van der Waals surface area contributed by atoms with Gasteiger partial charge >= 0.3 is 11.9 Å². The number of aromatic nitrogens is 1. The Kier molecular flexibility index (Phi) is 6.64. The Bertz CT molecular complexity index is 1560. The van der Waals surface area contributed by atoms with E-state index in [2.05, 4.69) is 20.6 Å². The largest absolute Gasteiger partial charge is 0.419 e. The van der Waals surface area contributed by atoms with E-state index in [-0.39, 0.29) is 22.5 Å². The van der Waals surface area contributed by atoms with E-state index in [1.54, 1.807) is 24.3 Å². The highest BCUT2D eigenvalue weighted by Crippen LogP contribution is 2.32. The first-order valence-corrected chi connectivity index (χ1v) is 11.1. The SMILES string of the molecule is CC(C)(C)c1ccccc1N=C(NC(=O)c1ccc(C(F)(F)F)c(F)c1)Nc1ccc2[nH]c(=O)oc2c1. The summed E-state index contributed by atoms with van der Waals surface area (Å²) in [5.41, 5.74) is 0.353. The summed E-state index contributed by atoms with van der Waals surface area (Å²) < 4.78 is 57.9. The number of hydrogen-bond donors (Lipinski definition) is 3. The van der Waals surface area contributed by atoms with Crippen LogP contribution in [0.2, 0.25) is 0 Å². The molecule has 37 heavy (non-hydrogen) atoms. The monoisotopic (exact) mass is 514 g/mol. The molecule has 0 saturated heterocycles. The zero-order valence-corrected chi connectivity index (χ0v) is 20.0. The van der Waals surface area contributed by atoms with E-state index >= 15 is 0 Å². The number of guanidine groups is 1. The van der Waals surface area contributed by atoms with Crippen molar-refractivity contribution in [2.75, 3.05) is 5.32 Å². The van der Waals surface area contributed by atoms with Crippen LogP contribution in [0.5, 0.6) is 0 Å². The molecule has 0 fully saturated rings. The molecule has 0 unspecified atom stereocenters. The molecular weight excluding hydrogens is 492 g/mol. The first kappa shape index (κ1) is 25.7. The fourth-order valence-electron chi connectivity index (χ4n) is 3.64. The van der Waals surface area contributed by atoms with Crippen molar-refractivity contribution in [1.82, 2.24) is 10.3 Å². The van der Waals surface area contributed by atoms with Crippen LogP contribution in [0.25, 0.3) is 11.1 Å². The van der Waals surface area contributed by atoms with Gasteiger partial charge in [-0.05, 0) is 47.4 Å². The average molecular weight is 514 g/mol. The number of aliphatic imine (C=N–C) groups is 1. The number of carbonyl (C=O) groups is 1. The van der Waals surface area contributed by atoms with Gasteiger partial charge in [-0.25, -0.2) is 14.2 Å². The lowest BCUT2D eigenvalue weighted by Gasteiger charge is -2.21. The Morgan fingerprint density at radius 3 is 2.38 bits per heavy atom. The number of aromatic amines is 1. The molecule has 4 rings (SSSR count). The van der Waals surface area contributed by atoms with E-state index in [1.807, 2.05) is 32.9 Å². The Morgan fingerprint density at radius 2 is 1.70 bits per heavy atom. The van der Waals surface area contributed by atoms with Crippen LogP contribution in [-0.2, 0) is 11.6 Å². The standard InChI is InChI=1S/C26H22F4N4O3/c1-25(2,3)17-6-4-5-7-19(17)32-23(31-15-9-11-20-21(13-15)37-24(36)33-20)34-22(35)14-8-10-16(18(27)12-14)26(28,29)30/h4-13H,1-3H3,(H,33,36)(H2,31,32,34,35). The van der Waals surface area contributed by atoms with E-state index in [0.717, 1.165) is 11.6 Å². The van der Waals surface area contributed by atoms with E-state index in [0.29, 0.717) is 29.0 Å². The summed E-state index contributed by atoms with van der Waals surface area (Å²) in [5, 5.41) is 5.43. The fraction of sp³-hybridized carbons (Fsp3) is 0.192. The van der Waals surface area contributed by atoms with Crippen LogP contribution in [0.4, 0.5) is 28.9 Å². The molecule has 1 aromatic heterocycles. The highest BCUT2D eigenvalue weighted by atomic mass is 19.4. The number of carbonyl (C=O) groups excluding carboxylic acids is 1. The van der Waals surface area contributed by atoms with Gasteiger partial charge in [0.2, 0.25) is 5.96 Å². The van der Waals surface area contributed by atoms with E-state index in [9.17, 15) is 27.2 Å². The first-order chi connectivity index (χ1) is 17.3. The maximum absolute atomic E-state index is 14.1. The molecule has 192 valence electrons. The van der Waals surface area contributed by atoms with Gasteiger partial charge in [0, 0.05) is 17.3 Å². The highest BCUT2D eigenvalue weighted by molar-refractivity contribution is 6.11.